The number of rotatable bonds is 8. The maximum absolute atomic E-state index is 13.1. The Morgan fingerprint density at radius 1 is 1.25 bits per heavy atom. The fourth-order valence-electron chi connectivity index (χ4n) is 2.10. The van der Waals surface area contributed by atoms with E-state index >= 15 is 0 Å². The Hall–Kier alpha value is -2.09. The summed E-state index contributed by atoms with van der Waals surface area (Å²) in [6, 6.07) is 3.05. The highest BCUT2D eigenvalue weighted by molar-refractivity contribution is 5.85. The predicted molar refractivity (Wildman–Crippen MR) is 80.1 cm³/mol. The Bertz CT molecular complexity index is 560. The molecule has 1 amide bonds. The standard InChI is InChI=1S/C16H20F3NO4/c1-3-24-10-6-9-13(21)20-14(15(22)23-2)11-7-4-5-8-12(11)16(17,18)19/h4-5,7-8,14H,3,6,9-10H2,1-2H3,(H,20,21). The number of nitrogens with one attached hydrogen (secondary N) is 1. The first-order valence-corrected chi connectivity index (χ1v) is 7.42. The van der Waals surface area contributed by atoms with Crippen LogP contribution in [0.3, 0.4) is 0 Å². The van der Waals surface area contributed by atoms with Crippen LogP contribution in [-0.4, -0.2) is 32.2 Å². The van der Waals surface area contributed by atoms with Crippen LogP contribution >= 0.6 is 0 Å². The molecule has 0 aromatic heterocycles. The zero-order chi connectivity index (χ0) is 18.2. The van der Waals surface area contributed by atoms with Crippen LogP contribution in [0.5, 0.6) is 0 Å². The summed E-state index contributed by atoms with van der Waals surface area (Å²) in [5.74, 6) is -1.52. The molecule has 0 spiro atoms. The van der Waals surface area contributed by atoms with Crippen molar-refractivity contribution in [3.05, 3.63) is 35.4 Å². The highest BCUT2D eigenvalue weighted by Crippen LogP contribution is 2.34. The molecule has 1 aromatic carbocycles. The molecule has 0 aliphatic rings. The summed E-state index contributed by atoms with van der Waals surface area (Å²) in [7, 11) is 1.05. The summed E-state index contributed by atoms with van der Waals surface area (Å²) in [6.07, 6.45) is -4.22. The quantitative estimate of drug-likeness (QED) is 0.580. The van der Waals surface area contributed by atoms with E-state index in [0.717, 1.165) is 19.2 Å². The second-order valence-electron chi connectivity index (χ2n) is 4.91. The van der Waals surface area contributed by atoms with Crippen molar-refractivity contribution in [2.75, 3.05) is 20.3 Å². The van der Waals surface area contributed by atoms with Crippen LogP contribution in [0.2, 0.25) is 0 Å². The van der Waals surface area contributed by atoms with E-state index < -0.39 is 29.7 Å². The molecule has 0 fully saturated rings. The zero-order valence-corrected chi connectivity index (χ0v) is 13.5. The Kier molecular flexibility index (Phi) is 7.70. The third-order valence-corrected chi connectivity index (χ3v) is 3.22. The summed E-state index contributed by atoms with van der Waals surface area (Å²) < 4.78 is 49.0. The molecule has 1 atom stereocenters. The lowest BCUT2D eigenvalue weighted by atomic mass is 9.99. The summed E-state index contributed by atoms with van der Waals surface area (Å²) in [4.78, 5) is 23.8. The minimum atomic E-state index is -4.65. The topological polar surface area (TPSA) is 64.6 Å². The SMILES string of the molecule is CCOCCCC(=O)NC(C(=O)OC)c1ccccc1C(F)(F)F. The maximum Gasteiger partial charge on any atom is 0.416 e. The van der Waals surface area contributed by atoms with Gasteiger partial charge in [0.15, 0.2) is 6.04 Å². The zero-order valence-electron chi connectivity index (χ0n) is 13.5. The largest absolute Gasteiger partial charge is 0.467 e. The number of esters is 1. The minimum Gasteiger partial charge on any atom is -0.467 e. The lowest BCUT2D eigenvalue weighted by Crippen LogP contribution is -2.35. The molecule has 24 heavy (non-hydrogen) atoms. The second kappa shape index (κ2) is 9.27. The summed E-state index contributed by atoms with van der Waals surface area (Å²) >= 11 is 0. The van der Waals surface area contributed by atoms with Gasteiger partial charge in [-0.2, -0.15) is 13.2 Å². The molecule has 1 N–H and O–H groups in total. The molecule has 5 nitrogen and oxygen atoms in total. The van der Waals surface area contributed by atoms with Crippen LogP contribution in [0.1, 0.15) is 36.9 Å². The predicted octanol–water partition coefficient (Wildman–Crippen LogP) is 2.85. The number of carbonyl (C=O) groups is 2. The van der Waals surface area contributed by atoms with E-state index in [4.69, 9.17) is 4.74 Å². The van der Waals surface area contributed by atoms with Gasteiger partial charge >= 0.3 is 12.1 Å². The maximum atomic E-state index is 13.1. The summed E-state index contributed by atoms with van der Waals surface area (Å²) in [5.41, 5.74) is -1.34. The lowest BCUT2D eigenvalue weighted by molar-refractivity contribution is -0.147. The van der Waals surface area contributed by atoms with Crippen molar-refractivity contribution in [3.8, 4) is 0 Å². The van der Waals surface area contributed by atoms with E-state index in [0.29, 0.717) is 19.6 Å². The van der Waals surface area contributed by atoms with Crippen LogP contribution in [-0.2, 0) is 25.2 Å². The van der Waals surface area contributed by atoms with Crippen LogP contribution in [0, 0.1) is 0 Å². The van der Waals surface area contributed by atoms with Gasteiger partial charge in [0.2, 0.25) is 5.91 Å². The number of hydrogen-bond acceptors (Lipinski definition) is 4. The van der Waals surface area contributed by atoms with Gasteiger partial charge in [0.1, 0.15) is 0 Å². The number of ether oxygens (including phenoxy) is 2. The fraction of sp³-hybridized carbons (Fsp3) is 0.500. The Morgan fingerprint density at radius 2 is 1.92 bits per heavy atom. The van der Waals surface area contributed by atoms with Gasteiger partial charge < -0.3 is 14.8 Å². The molecule has 1 unspecified atom stereocenters. The second-order valence-corrected chi connectivity index (χ2v) is 4.91. The molecule has 0 saturated heterocycles. The van der Waals surface area contributed by atoms with Gasteiger partial charge in [0, 0.05) is 19.6 Å². The highest BCUT2D eigenvalue weighted by Gasteiger charge is 2.37. The van der Waals surface area contributed by atoms with Crippen molar-refractivity contribution in [1.29, 1.82) is 0 Å². The average molecular weight is 347 g/mol. The molecule has 0 heterocycles. The number of hydrogen-bond donors (Lipinski definition) is 1. The molecule has 0 bridgehead atoms. The first-order valence-electron chi connectivity index (χ1n) is 7.42. The number of methoxy groups -OCH3 is 1. The minimum absolute atomic E-state index is 0.0294. The Balaban J connectivity index is 2.95. The van der Waals surface area contributed by atoms with Gasteiger partial charge in [-0.05, 0) is 25.0 Å². The first-order chi connectivity index (χ1) is 11.3. The fourth-order valence-corrected chi connectivity index (χ4v) is 2.10. The smallest absolute Gasteiger partial charge is 0.416 e. The molecule has 1 aromatic rings. The molecule has 0 radical (unpaired) electrons. The van der Waals surface area contributed by atoms with Gasteiger partial charge in [0.05, 0.1) is 12.7 Å². The van der Waals surface area contributed by atoms with E-state index in [-0.39, 0.29) is 12.0 Å². The van der Waals surface area contributed by atoms with Gasteiger partial charge in [-0.15, -0.1) is 0 Å². The molecule has 0 aliphatic carbocycles. The van der Waals surface area contributed by atoms with Crippen LogP contribution < -0.4 is 5.32 Å². The van der Waals surface area contributed by atoms with Crippen LogP contribution in [0.25, 0.3) is 0 Å². The molecular formula is C16H20F3NO4. The number of halogens is 3. The molecule has 134 valence electrons. The molecule has 0 saturated carbocycles. The van der Waals surface area contributed by atoms with E-state index in [1.54, 1.807) is 6.92 Å². The van der Waals surface area contributed by atoms with E-state index in [2.05, 4.69) is 10.1 Å². The molecule has 1 rings (SSSR count). The monoisotopic (exact) mass is 347 g/mol. The lowest BCUT2D eigenvalue weighted by Gasteiger charge is -2.21. The van der Waals surface area contributed by atoms with E-state index in [9.17, 15) is 22.8 Å². The summed E-state index contributed by atoms with van der Waals surface area (Å²) in [5, 5.41) is 2.30. The van der Waals surface area contributed by atoms with Crippen LogP contribution in [0.15, 0.2) is 24.3 Å². The highest BCUT2D eigenvalue weighted by atomic mass is 19.4. The third-order valence-electron chi connectivity index (χ3n) is 3.22. The van der Waals surface area contributed by atoms with Crippen molar-refractivity contribution < 1.29 is 32.2 Å². The number of alkyl halides is 3. The molecular weight excluding hydrogens is 327 g/mol. The average Bonchev–Trinajstić information content (AvgIpc) is 2.55. The number of amides is 1. The Labute approximate surface area is 138 Å². The normalized spacial score (nSPS) is 12.5. The van der Waals surface area contributed by atoms with Crippen molar-refractivity contribution in [2.45, 2.75) is 32.0 Å². The Morgan fingerprint density at radius 3 is 2.50 bits per heavy atom. The van der Waals surface area contributed by atoms with E-state index in [1.165, 1.54) is 12.1 Å². The van der Waals surface area contributed by atoms with Gasteiger partial charge in [-0.1, -0.05) is 18.2 Å². The van der Waals surface area contributed by atoms with E-state index in [1.807, 2.05) is 0 Å². The van der Waals surface area contributed by atoms with Crippen LogP contribution in [0.4, 0.5) is 13.2 Å². The molecule has 8 heteroatoms. The third kappa shape index (κ3) is 5.84. The summed E-state index contributed by atoms with van der Waals surface area (Å²) in [6.45, 7) is 2.67. The van der Waals surface area contributed by atoms with Gasteiger partial charge in [-0.3, -0.25) is 4.79 Å². The van der Waals surface area contributed by atoms with Crippen molar-refractivity contribution in [3.63, 3.8) is 0 Å². The number of carbonyl (C=O) groups excluding carboxylic acids is 2. The van der Waals surface area contributed by atoms with Gasteiger partial charge in [-0.25, -0.2) is 4.79 Å². The first kappa shape index (κ1) is 20.0. The number of benzene rings is 1. The van der Waals surface area contributed by atoms with Crippen molar-refractivity contribution in [1.82, 2.24) is 5.32 Å². The van der Waals surface area contributed by atoms with Crippen molar-refractivity contribution in [2.24, 2.45) is 0 Å². The van der Waals surface area contributed by atoms with Gasteiger partial charge in [0.25, 0.3) is 0 Å². The van der Waals surface area contributed by atoms with Crippen molar-refractivity contribution >= 4 is 11.9 Å². The molecule has 0 aliphatic heterocycles.